The lowest BCUT2D eigenvalue weighted by atomic mass is 9.85. The molecule has 0 aromatic heterocycles. The van der Waals surface area contributed by atoms with Gasteiger partial charge in [-0.05, 0) is 54.4 Å². The van der Waals surface area contributed by atoms with E-state index in [0.717, 1.165) is 36.8 Å². The minimum Gasteiger partial charge on any atom is -0.481 e. The van der Waals surface area contributed by atoms with Gasteiger partial charge in [-0.2, -0.15) is 0 Å². The molecular weight excluding hydrogens is 444 g/mol. The molecule has 2 heterocycles. The van der Waals surface area contributed by atoms with Crippen molar-refractivity contribution in [1.82, 2.24) is 10.2 Å². The van der Waals surface area contributed by atoms with Crippen molar-refractivity contribution in [3.8, 4) is 11.1 Å². The molecule has 1 atom stereocenters. The molecule has 0 spiro atoms. The Morgan fingerprint density at radius 2 is 1.66 bits per heavy atom. The summed E-state index contributed by atoms with van der Waals surface area (Å²) in [4.78, 5) is 39.2. The van der Waals surface area contributed by atoms with E-state index in [1.807, 2.05) is 36.1 Å². The van der Waals surface area contributed by atoms with E-state index in [-0.39, 0.29) is 43.4 Å². The highest BCUT2D eigenvalue weighted by atomic mass is 16.5. The molecule has 7 nitrogen and oxygen atoms in total. The van der Waals surface area contributed by atoms with Crippen LogP contribution in [0.1, 0.15) is 68.9 Å². The molecule has 0 unspecified atom stereocenters. The number of nitrogens with one attached hydrogen (secondary N) is 1. The number of benzene rings is 2. The van der Waals surface area contributed by atoms with Crippen LogP contribution in [0.15, 0.2) is 48.5 Å². The van der Waals surface area contributed by atoms with Gasteiger partial charge in [-0.15, -0.1) is 0 Å². The van der Waals surface area contributed by atoms with Crippen LogP contribution in [0.4, 0.5) is 4.79 Å². The predicted molar refractivity (Wildman–Crippen MR) is 131 cm³/mol. The zero-order valence-electron chi connectivity index (χ0n) is 20.0. The number of carbonyl (C=O) groups excluding carboxylic acids is 2. The Kier molecular flexibility index (Phi) is 6.26. The highest BCUT2D eigenvalue weighted by Crippen LogP contribution is 2.49. The van der Waals surface area contributed by atoms with Gasteiger partial charge in [0.1, 0.15) is 6.61 Å². The van der Waals surface area contributed by atoms with Crippen LogP contribution in [0.25, 0.3) is 11.1 Å². The van der Waals surface area contributed by atoms with Crippen LogP contribution in [0.5, 0.6) is 0 Å². The first-order valence-electron chi connectivity index (χ1n) is 12.6. The topological polar surface area (TPSA) is 95.9 Å². The van der Waals surface area contributed by atoms with E-state index in [1.54, 1.807) is 0 Å². The maximum Gasteiger partial charge on any atom is 0.407 e. The second kappa shape index (κ2) is 9.36. The zero-order chi connectivity index (χ0) is 24.6. The summed E-state index contributed by atoms with van der Waals surface area (Å²) >= 11 is 0. The Hall–Kier alpha value is -3.35. The summed E-state index contributed by atoms with van der Waals surface area (Å²) in [6.07, 6.45) is 3.39. The van der Waals surface area contributed by atoms with Crippen molar-refractivity contribution < 1.29 is 24.2 Å². The van der Waals surface area contributed by atoms with Crippen molar-refractivity contribution >= 4 is 18.0 Å². The molecule has 0 radical (unpaired) electrons. The monoisotopic (exact) mass is 476 g/mol. The van der Waals surface area contributed by atoms with E-state index >= 15 is 0 Å². The first kappa shape index (κ1) is 23.4. The van der Waals surface area contributed by atoms with E-state index in [2.05, 4.69) is 29.6 Å². The predicted octanol–water partition coefficient (Wildman–Crippen LogP) is 4.69. The summed E-state index contributed by atoms with van der Waals surface area (Å²) in [7, 11) is 0. The van der Waals surface area contributed by atoms with Crippen LogP contribution in [0.3, 0.4) is 0 Å². The van der Waals surface area contributed by atoms with Crippen molar-refractivity contribution in [3.05, 3.63) is 59.7 Å². The van der Waals surface area contributed by atoms with Gasteiger partial charge < -0.3 is 20.1 Å². The molecule has 2 aromatic carbocycles. The van der Waals surface area contributed by atoms with Crippen molar-refractivity contribution in [2.45, 2.75) is 75.4 Å². The quantitative estimate of drug-likeness (QED) is 0.576. The number of aliphatic carboxylic acids is 1. The molecule has 184 valence electrons. The third-order valence-electron chi connectivity index (χ3n) is 8.09. The number of carbonyl (C=O) groups is 3. The van der Waals surface area contributed by atoms with Crippen molar-refractivity contribution in [1.29, 1.82) is 0 Å². The molecule has 2 bridgehead atoms. The van der Waals surface area contributed by atoms with Gasteiger partial charge in [-0.1, -0.05) is 55.5 Å². The summed E-state index contributed by atoms with van der Waals surface area (Å²) in [5.41, 5.74) is 4.08. The summed E-state index contributed by atoms with van der Waals surface area (Å²) in [5, 5.41) is 12.3. The van der Waals surface area contributed by atoms with Crippen LogP contribution >= 0.6 is 0 Å². The van der Waals surface area contributed by atoms with Gasteiger partial charge in [0, 0.05) is 24.4 Å². The Bertz CT molecular complexity index is 1090. The van der Waals surface area contributed by atoms with E-state index in [4.69, 9.17) is 4.74 Å². The fraction of sp³-hybridized carbons (Fsp3) is 0.464. The van der Waals surface area contributed by atoms with Gasteiger partial charge in [-0.3, -0.25) is 9.59 Å². The number of hydrogen-bond acceptors (Lipinski definition) is 4. The average Bonchev–Trinajstić information content (AvgIpc) is 3.49. The van der Waals surface area contributed by atoms with E-state index in [1.165, 1.54) is 11.1 Å². The number of amides is 2. The summed E-state index contributed by atoms with van der Waals surface area (Å²) in [6, 6.07) is 16.1. The standard InChI is InChI=1S/C28H32N2O5/c1-2-18(15-25(31)30-19-11-13-28(30,14-12-19)16-26(32)33)29-27(34)35-17-24-22-9-5-3-7-20(22)21-8-4-6-10-23(21)24/h3-10,18-19,24H,2,11-17H2,1H3,(H,29,34)(H,32,33)/t18-,19?,28?/m1/s1. The molecule has 1 aliphatic carbocycles. The van der Waals surface area contributed by atoms with Gasteiger partial charge >= 0.3 is 12.1 Å². The lowest BCUT2D eigenvalue weighted by Crippen LogP contribution is -2.49. The lowest BCUT2D eigenvalue weighted by molar-refractivity contribution is -0.143. The number of fused-ring (bicyclic) bond motifs is 5. The molecule has 0 saturated carbocycles. The van der Waals surface area contributed by atoms with Crippen LogP contribution in [0.2, 0.25) is 0 Å². The SMILES string of the molecule is CC[C@H](CC(=O)N1C2CCC1(CC(=O)O)CC2)NC(=O)OCC1c2ccccc2-c2ccccc21. The Morgan fingerprint density at radius 3 is 2.23 bits per heavy atom. The van der Waals surface area contributed by atoms with Crippen LogP contribution in [-0.4, -0.2) is 52.2 Å². The molecule has 5 rings (SSSR count). The number of carboxylic acids is 1. The molecule has 2 aromatic rings. The molecule has 35 heavy (non-hydrogen) atoms. The smallest absolute Gasteiger partial charge is 0.407 e. The molecule has 2 aliphatic heterocycles. The largest absolute Gasteiger partial charge is 0.481 e. The fourth-order valence-corrected chi connectivity index (χ4v) is 6.45. The number of rotatable bonds is 8. The first-order valence-corrected chi connectivity index (χ1v) is 12.6. The highest BCUT2D eigenvalue weighted by molar-refractivity contribution is 5.81. The van der Waals surface area contributed by atoms with Crippen LogP contribution in [0, 0.1) is 0 Å². The van der Waals surface area contributed by atoms with Crippen molar-refractivity contribution in [2.24, 2.45) is 0 Å². The molecule has 2 fully saturated rings. The Morgan fingerprint density at radius 1 is 1.06 bits per heavy atom. The molecular formula is C28H32N2O5. The fourth-order valence-electron chi connectivity index (χ4n) is 6.45. The zero-order valence-corrected chi connectivity index (χ0v) is 20.0. The summed E-state index contributed by atoms with van der Waals surface area (Å²) < 4.78 is 5.65. The van der Waals surface area contributed by atoms with Gasteiger partial charge in [0.15, 0.2) is 0 Å². The van der Waals surface area contributed by atoms with Crippen molar-refractivity contribution in [2.75, 3.05) is 6.61 Å². The van der Waals surface area contributed by atoms with E-state index < -0.39 is 17.6 Å². The maximum atomic E-state index is 13.2. The van der Waals surface area contributed by atoms with E-state index in [9.17, 15) is 19.5 Å². The number of carboxylic acid groups (broad SMARTS) is 1. The Balaban J connectivity index is 1.20. The molecule has 2 N–H and O–H groups in total. The Labute approximate surface area is 205 Å². The van der Waals surface area contributed by atoms with Crippen LogP contribution in [-0.2, 0) is 14.3 Å². The second-order valence-corrected chi connectivity index (χ2v) is 10.1. The van der Waals surface area contributed by atoms with Gasteiger partial charge in [0.25, 0.3) is 0 Å². The summed E-state index contributed by atoms with van der Waals surface area (Å²) in [5.74, 6) is -0.961. The van der Waals surface area contributed by atoms with Gasteiger partial charge in [0.2, 0.25) is 5.91 Å². The normalized spacial score (nSPS) is 23.0. The molecule has 7 heteroatoms. The maximum absolute atomic E-state index is 13.2. The number of hydrogen-bond donors (Lipinski definition) is 2. The third kappa shape index (κ3) is 4.28. The van der Waals surface area contributed by atoms with Crippen LogP contribution < -0.4 is 5.32 Å². The minimum atomic E-state index is -0.867. The molecule has 3 aliphatic rings. The van der Waals surface area contributed by atoms with E-state index in [0.29, 0.717) is 6.42 Å². The molecule has 2 saturated heterocycles. The number of alkyl carbamates (subject to hydrolysis) is 1. The third-order valence-corrected chi connectivity index (χ3v) is 8.09. The first-order chi connectivity index (χ1) is 16.9. The lowest BCUT2D eigenvalue weighted by Gasteiger charge is -2.34. The average molecular weight is 477 g/mol. The summed E-state index contributed by atoms with van der Waals surface area (Å²) in [6.45, 7) is 2.15. The number of ether oxygens (including phenoxy) is 1. The second-order valence-electron chi connectivity index (χ2n) is 10.1. The number of nitrogens with zero attached hydrogens (tertiary/aromatic N) is 1. The van der Waals surface area contributed by atoms with Gasteiger partial charge in [-0.25, -0.2) is 4.79 Å². The minimum absolute atomic E-state index is 0.00810. The highest BCUT2D eigenvalue weighted by Gasteiger charge is 2.54. The van der Waals surface area contributed by atoms with Crippen molar-refractivity contribution in [3.63, 3.8) is 0 Å². The molecule has 2 amide bonds. The van der Waals surface area contributed by atoms with Gasteiger partial charge in [0.05, 0.1) is 12.0 Å².